The SMILES string of the molecule is O=[N+]([O-])c1c(NCCC2CCCO2)ccc2scnc12. The smallest absolute Gasteiger partial charge is 0.319 e. The second kappa shape index (κ2) is 5.72. The number of fused-ring (bicyclic) bond motifs is 1. The molecule has 1 unspecified atom stereocenters. The third-order valence-corrected chi connectivity index (χ3v) is 4.26. The van der Waals surface area contributed by atoms with Gasteiger partial charge in [0.25, 0.3) is 0 Å². The van der Waals surface area contributed by atoms with Crippen molar-refractivity contribution in [3.63, 3.8) is 0 Å². The van der Waals surface area contributed by atoms with Crippen LogP contribution in [0.2, 0.25) is 0 Å². The normalized spacial score (nSPS) is 18.5. The molecule has 7 heteroatoms. The van der Waals surface area contributed by atoms with Crippen molar-refractivity contribution in [2.45, 2.75) is 25.4 Å². The fourth-order valence-corrected chi connectivity index (χ4v) is 3.16. The first-order valence-electron chi connectivity index (χ1n) is 6.62. The molecule has 6 nitrogen and oxygen atoms in total. The largest absolute Gasteiger partial charge is 0.379 e. The van der Waals surface area contributed by atoms with Crippen molar-refractivity contribution < 1.29 is 9.66 Å². The summed E-state index contributed by atoms with van der Waals surface area (Å²) in [6, 6.07) is 3.63. The number of nitrogens with one attached hydrogen (secondary N) is 1. The Balaban J connectivity index is 1.76. The van der Waals surface area contributed by atoms with Crippen LogP contribution in [0.5, 0.6) is 0 Å². The van der Waals surface area contributed by atoms with Gasteiger partial charge in [0.1, 0.15) is 5.69 Å². The maximum Gasteiger partial charge on any atom is 0.319 e. The molecule has 1 saturated heterocycles. The van der Waals surface area contributed by atoms with Gasteiger partial charge in [-0.05, 0) is 31.4 Å². The third kappa shape index (κ3) is 2.59. The number of hydrogen-bond acceptors (Lipinski definition) is 6. The highest BCUT2D eigenvalue weighted by Gasteiger charge is 2.21. The molecule has 20 heavy (non-hydrogen) atoms. The number of anilines is 1. The topological polar surface area (TPSA) is 77.3 Å². The van der Waals surface area contributed by atoms with E-state index < -0.39 is 0 Å². The van der Waals surface area contributed by atoms with E-state index in [9.17, 15) is 10.1 Å². The van der Waals surface area contributed by atoms with Gasteiger partial charge in [0, 0.05) is 13.2 Å². The number of ether oxygens (including phenoxy) is 1. The fraction of sp³-hybridized carbons (Fsp3) is 0.462. The molecule has 1 aromatic carbocycles. The quantitative estimate of drug-likeness (QED) is 0.676. The van der Waals surface area contributed by atoms with Crippen molar-refractivity contribution in [1.82, 2.24) is 4.98 Å². The zero-order valence-corrected chi connectivity index (χ0v) is 11.7. The van der Waals surface area contributed by atoms with Gasteiger partial charge >= 0.3 is 5.69 Å². The Bertz CT molecular complexity index is 622. The van der Waals surface area contributed by atoms with Gasteiger partial charge in [-0.25, -0.2) is 4.98 Å². The maximum atomic E-state index is 11.3. The number of hydrogen-bond donors (Lipinski definition) is 1. The summed E-state index contributed by atoms with van der Waals surface area (Å²) in [6.45, 7) is 1.50. The number of rotatable bonds is 5. The van der Waals surface area contributed by atoms with Crippen LogP contribution in [0.3, 0.4) is 0 Å². The molecule has 1 fully saturated rings. The highest BCUT2D eigenvalue weighted by atomic mass is 32.1. The van der Waals surface area contributed by atoms with Crippen molar-refractivity contribution in [2.24, 2.45) is 0 Å². The predicted molar refractivity (Wildman–Crippen MR) is 78.4 cm³/mol. The average molecular weight is 293 g/mol. The summed E-state index contributed by atoms with van der Waals surface area (Å²) < 4.78 is 6.38. The Labute approximate surface area is 119 Å². The zero-order chi connectivity index (χ0) is 13.9. The van der Waals surface area contributed by atoms with E-state index in [2.05, 4.69) is 10.3 Å². The van der Waals surface area contributed by atoms with Crippen molar-refractivity contribution in [2.75, 3.05) is 18.5 Å². The number of aromatic nitrogens is 1. The number of nitrogens with zero attached hydrogens (tertiary/aromatic N) is 2. The van der Waals surface area contributed by atoms with E-state index in [1.165, 1.54) is 11.3 Å². The molecule has 0 saturated carbocycles. The molecule has 1 atom stereocenters. The van der Waals surface area contributed by atoms with Gasteiger partial charge in [0.2, 0.25) is 0 Å². The summed E-state index contributed by atoms with van der Waals surface area (Å²) in [7, 11) is 0. The zero-order valence-electron chi connectivity index (χ0n) is 10.9. The first-order valence-corrected chi connectivity index (χ1v) is 7.50. The highest BCUT2D eigenvalue weighted by Crippen LogP contribution is 2.34. The summed E-state index contributed by atoms with van der Waals surface area (Å²) in [4.78, 5) is 15.0. The molecule has 0 spiro atoms. The van der Waals surface area contributed by atoms with Crippen LogP contribution < -0.4 is 5.32 Å². The summed E-state index contributed by atoms with van der Waals surface area (Å²) in [6.07, 6.45) is 3.33. The lowest BCUT2D eigenvalue weighted by Gasteiger charge is -2.11. The summed E-state index contributed by atoms with van der Waals surface area (Å²) in [5, 5.41) is 14.4. The van der Waals surface area contributed by atoms with Crippen LogP contribution in [0.1, 0.15) is 19.3 Å². The molecule has 106 valence electrons. The van der Waals surface area contributed by atoms with Crippen molar-refractivity contribution in [1.29, 1.82) is 0 Å². The summed E-state index contributed by atoms with van der Waals surface area (Å²) >= 11 is 1.41. The molecular formula is C13H15N3O3S. The fourth-order valence-electron chi connectivity index (χ4n) is 2.48. The Hall–Kier alpha value is -1.73. The van der Waals surface area contributed by atoms with Gasteiger partial charge in [-0.15, -0.1) is 11.3 Å². The Kier molecular flexibility index (Phi) is 3.79. The van der Waals surface area contributed by atoms with Crippen molar-refractivity contribution >= 4 is 32.9 Å². The molecule has 2 heterocycles. The third-order valence-electron chi connectivity index (χ3n) is 3.46. The van der Waals surface area contributed by atoms with Crippen LogP contribution in [-0.4, -0.2) is 29.2 Å². The predicted octanol–water partition coefficient (Wildman–Crippen LogP) is 3.19. The van der Waals surface area contributed by atoms with Crippen LogP contribution in [0.15, 0.2) is 17.6 Å². The second-order valence-corrected chi connectivity index (χ2v) is 5.65. The lowest BCUT2D eigenvalue weighted by atomic mass is 10.2. The average Bonchev–Trinajstić information content (AvgIpc) is 3.07. The van der Waals surface area contributed by atoms with Gasteiger partial charge in [0.15, 0.2) is 5.52 Å². The van der Waals surface area contributed by atoms with Gasteiger partial charge < -0.3 is 10.1 Å². The van der Waals surface area contributed by atoms with Gasteiger partial charge in [-0.1, -0.05) is 0 Å². The molecule has 3 rings (SSSR count). The molecule has 0 amide bonds. The molecular weight excluding hydrogens is 278 g/mol. The standard InChI is InChI=1S/C13H15N3O3S/c17-16(18)13-10(3-4-11-12(13)15-8-20-11)14-6-5-9-2-1-7-19-9/h3-4,8-9,14H,1-2,5-7H2. The maximum absolute atomic E-state index is 11.3. The minimum atomic E-state index is -0.365. The van der Waals surface area contributed by atoms with Gasteiger partial charge in [-0.3, -0.25) is 10.1 Å². The molecule has 1 aliphatic rings. The van der Waals surface area contributed by atoms with Gasteiger partial charge in [-0.2, -0.15) is 0 Å². The first-order chi connectivity index (χ1) is 9.75. The van der Waals surface area contributed by atoms with Crippen LogP contribution in [0, 0.1) is 10.1 Å². The lowest BCUT2D eigenvalue weighted by molar-refractivity contribution is -0.382. The van der Waals surface area contributed by atoms with E-state index in [-0.39, 0.29) is 16.7 Å². The van der Waals surface area contributed by atoms with Gasteiger partial charge in [0.05, 0.1) is 21.2 Å². The minimum absolute atomic E-state index is 0.0658. The van der Waals surface area contributed by atoms with Crippen LogP contribution >= 0.6 is 11.3 Å². The van der Waals surface area contributed by atoms with E-state index in [1.807, 2.05) is 6.07 Å². The number of nitro benzene ring substituents is 1. The van der Waals surface area contributed by atoms with E-state index in [0.29, 0.717) is 17.7 Å². The Morgan fingerprint density at radius 1 is 1.55 bits per heavy atom. The molecule has 0 radical (unpaired) electrons. The minimum Gasteiger partial charge on any atom is -0.379 e. The molecule has 2 aromatic rings. The summed E-state index contributed by atoms with van der Waals surface area (Å²) in [5.41, 5.74) is 2.69. The number of nitro groups is 1. The molecule has 1 N–H and O–H groups in total. The monoisotopic (exact) mass is 293 g/mol. The molecule has 1 aliphatic heterocycles. The molecule has 0 aliphatic carbocycles. The van der Waals surface area contributed by atoms with Crippen LogP contribution in [-0.2, 0) is 4.74 Å². The molecule has 1 aromatic heterocycles. The van der Waals surface area contributed by atoms with Crippen LogP contribution in [0.25, 0.3) is 10.2 Å². The number of benzene rings is 1. The number of thiazole rings is 1. The Morgan fingerprint density at radius 2 is 2.45 bits per heavy atom. The summed E-state index contributed by atoms with van der Waals surface area (Å²) in [5.74, 6) is 0. The Morgan fingerprint density at radius 3 is 3.20 bits per heavy atom. The van der Waals surface area contributed by atoms with E-state index in [1.54, 1.807) is 11.6 Å². The highest BCUT2D eigenvalue weighted by molar-refractivity contribution is 7.16. The van der Waals surface area contributed by atoms with E-state index in [0.717, 1.165) is 30.6 Å². The van der Waals surface area contributed by atoms with E-state index in [4.69, 9.17) is 4.74 Å². The van der Waals surface area contributed by atoms with Crippen LogP contribution in [0.4, 0.5) is 11.4 Å². The molecule has 0 bridgehead atoms. The second-order valence-electron chi connectivity index (χ2n) is 4.77. The lowest BCUT2D eigenvalue weighted by Crippen LogP contribution is -2.13. The van der Waals surface area contributed by atoms with Crippen molar-refractivity contribution in [3.8, 4) is 0 Å². The first kappa shape index (κ1) is 13.3. The van der Waals surface area contributed by atoms with E-state index >= 15 is 0 Å². The van der Waals surface area contributed by atoms with Crippen molar-refractivity contribution in [3.05, 3.63) is 27.8 Å².